The van der Waals surface area contributed by atoms with Crippen LogP contribution in [0.25, 0.3) is 0 Å². The molecule has 2 aromatic rings. The third kappa shape index (κ3) is 3.37. The molecule has 3 rings (SSSR count). The summed E-state index contributed by atoms with van der Waals surface area (Å²) in [5.74, 6) is 0.722. The summed E-state index contributed by atoms with van der Waals surface area (Å²) in [6, 6.07) is 13.4. The van der Waals surface area contributed by atoms with Crippen LogP contribution in [-0.4, -0.2) is 17.6 Å². The van der Waals surface area contributed by atoms with Crippen molar-refractivity contribution in [3.8, 4) is 11.5 Å². The number of nitrogens with zero attached hydrogens (tertiary/aromatic N) is 1. The zero-order chi connectivity index (χ0) is 16.9. The summed E-state index contributed by atoms with van der Waals surface area (Å²) >= 11 is 0. The molecule has 0 saturated heterocycles. The normalized spacial score (nSPS) is 13.3. The highest BCUT2D eigenvalue weighted by atomic mass is 16.5. The van der Waals surface area contributed by atoms with Crippen LogP contribution in [0.3, 0.4) is 0 Å². The Morgan fingerprint density at radius 3 is 2.71 bits per heavy atom. The Morgan fingerprint density at radius 1 is 1.17 bits per heavy atom. The van der Waals surface area contributed by atoms with Gasteiger partial charge in [0.1, 0.15) is 11.5 Å². The molecular weight excluding hydrogens is 302 g/mol. The van der Waals surface area contributed by atoms with Crippen molar-refractivity contribution >= 4 is 11.5 Å². The van der Waals surface area contributed by atoms with E-state index in [1.165, 1.54) is 0 Å². The molecule has 0 saturated carbocycles. The van der Waals surface area contributed by atoms with Crippen molar-refractivity contribution in [2.75, 3.05) is 11.6 Å². The summed E-state index contributed by atoms with van der Waals surface area (Å²) in [6.45, 7) is 3.07. The Hall–Kier alpha value is -2.49. The first-order valence-corrected chi connectivity index (χ1v) is 8.51. The highest BCUT2D eigenvalue weighted by Gasteiger charge is 2.24. The van der Waals surface area contributed by atoms with Crippen LogP contribution < -0.4 is 9.64 Å². The number of carbonyl (C=O) groups is 1. The second-order valence-electron chi connectivity index (χ2n) is 6.13. The average molecular weight is 325 g/mol. The molecule has 0 radical (unpaired) electrons. The minimum absolute atomic E-state index is 0.000541. The topological polar surface area (TPSA) is 49.8 Å². The minimum atomic E-state index is 0.000541. The number of benzene rings is 2. The average Bonchev–Trinajstić information content (AvgIpc) is 2.63. The largest absolute Gasteiger partial charge is 0.507 e. The Bertz CT molecular complexity index is 712. The van der Waals surface area contributed by atoms with Gasteiger partial charge in [0.15, 0.2) is 12.5 Å². The van der Waals surface area contributed by atoms with Crippen molar-refractivity contribution in [3.05, 3.63) is 53.6 Å². The summed E-state index contributed by atoms with van der Waals surface area (Å²) in [5, 5.41) is 10.6. The molecule has 1 aliphatic rings. The SMILES string of the molecule is CCCCCC(=O)c1ccc2c(c1O)CN(c1ccccc1)CO2. The summed E-state index contributed by atoms with van der Waals surface area (Å²) in [7, 11) is 0. The number of hydrogen-bond acceptors (Lipinski definition) is 4. The number of phenolic OH excluding ortho intramolecular Hbond substituents is 1. The number of aromatic hydroxyl groups is 1. The Labute approximate surface area is 142 Å². The molecule has 126 valence electrons. The molecular formula is C20H23NO3. The molecule has 1 aliphatic heterocycles. The van der Waals surface area contributed by atoms with E-state index in [2.05, 4.69) is 6.92 Å². The highest BCUT2D eigenvalue weighted by Crippen LogP contribution is 2.37. The number of phenols is 1. The van der Waals surface area contributed by atoms with Gasteiger partial charge in [0.05, 0.1) is 17.7 Å². The number of para-hydroxylation sites is 1. The number of ether oxygens (including phenoxy) is 1. The first kappa shape index (κ1) is 16.4. The zero-order valence-electron chi connectivity index (χ0n) is 14.0. The first-order valence-electron chi connectivity index (χ1n) is 8.51. The summed E-state index contributed by atoms with van der Waals surface area (Å²) < 4.78 is 5.76. The number of unbranched alkanes of at least 4 members (excludes halogenated alkanes) is 2. The van der Waals surface area contributed by atoms with Crippen LogP contribution in [0.5, 0.6) is 11.5 Å². The van der Waals surface area contributed by atoms with Crippen molar-refractivity contribution in [2.24, 2.45) is 0 Å². The lowest BCUT2D eigenvalue weighted by Crippen LogP contribution is -2.32. The lowest BCUT2D eigenvalue weighted by Gasteiger charge is -2.31. The molecule has 4 nitrogen and oxygen atoms in total. The monoisotopic (exact) mass is 325 g/mol. The van der Waals surface area contributed by atoms with Gasteiger partial charge in [-0.1, -0.05) is 38.0 Å². The maximum atomic E-state index is 12.4. The molecule has 0 spiro atoms. The van der Waals surface area contributed by atoms with Gasteiger partial charge in [-0.2, -0.15) is 0 Å². The Morgan fingerprint density at radius 2 is 1.96 bits per heavy atom. The summed E-state index contributed by atoms with van der Waals surface area (Å²) in [4.78, 5) is 14.4. The third-order valence-corrected chi connectivity index (χ3v) is 4.39. The van der Waals surface area contributed by atoms with E-state index in [1.54, 1.807) is 12.1 Å². The van der Waals surface area contributed by atoms with E-state index in [1.807, 2.05) is 35.2 Å². The fraction of sp³-hybridized carbons (Fsp3) is 0.350. The van der Waals surface area contributed by atoms with Crippen molar-refractivity contribution in [3.63, 3.8) is 0 Å². The molecule has 1 N–H and O–H groups in total. The van der Waals surface area contributed by atoms with Crippen LogP contribution in [0.15, 0.2) is 42.5 Å². The van der Waals surface area contributed by atoms with Crippen LogP contribution in [0.2, 0.25) is 0 Å². The maximum absolute atomic E-state index is 12.4. The molecule has 0 atom stereocenters. The second kappa shape index (κ2) is 7.39. The van der Waals surface area contributed by atoms with Gasteiger partial charge < -0.3 is 14.7 Å². The van der Waals surface area contributed by atoms with Crippen LogP contribution >= 0.6 is 0 Å². The van der Waals surface area contributed by atoms with Gasteiger partial charge in [-0.05, 0) is 30.7 Å². The number of fused-ring (bicyclic) bond motifs is 1. The second-order valence-corrected chi connectivity index (χ2v) is 6.13. The van der Waals surface area contributed by atoms with Gasteiger partial charge >= 0.3 is 0 Å². The van der Waals surface area contributed by atoms with Gasteiger partial charge in [-0.15, -0.1) is 0 Å². The fourth-order valence-electron chi connectivity index (χ4n) is 2.99. The van der Waals surface area contributed by atoms with Crippen LogP contribution in [0.1, 0.15) is 48.5 Å². The van der Waals surface area contributed by atoms with Crippen LogP contribution in [0, 0.1) is 0 Å². The third-order valence-electron chi connectivity index (χ3n) is 4.39. The number of hydrogen-bond donors (Lipinski definition) is 1. The molecule has 0 aliphatic carbocycles. The summed E-state index contributed by atoms with van der Waals surface area (Å²) in [6.07, 6.45) is 3.44. The molecule has 24 heavy (non-hydrogen) atoms. The first-order chi connectivity index (χ1) is 11.7. The molecule has 1 heterocycles. The standard InChI is InChI=1S/C20H23NO3/c1-2-3-5-10-18(22)16-11-12-19-17(20(16)23)13-21(14-24-19)15-8-6-4-7-9-15/h4,6-9,11-12,23H,2-3,5,10,13-14H2,1H3. The van der Waals surface area contributed by atoms with Gasteiger partial charge in [-0.25, -0.2) is 0 Å². The zero-order valence-corrected chi connectivity index (χ0v) is 14.0. The summed E-state index contributed by atoms with van der Waals surface area (Å²) in [5.41, 5.74) is 2.12. The van der Waals surface area contributed by atoms with E-state index in [4.69, 9.17) is 4.74 Å². The predicted octanol–water partition coefficient (Wildman–Crippen LogP) is 4.51. The van der Waals surface area contributed by atoms with Gasteiger partial charge in [-0.3, -0.25) is 4.79 Å². The minimum Gasteiger partial charge on any atom is -0.507 e. The van der Waals surface area contributed by atoms with Crippen LogP contribution in [0.4, 0.5) is 5.69 Å². The number of ketones is 1. The van der Waals surface area contributed by atoms with E-state index in [0.717, 1.165) is 24.9 Å². The molecule has 4 heteroatoms. The maximum Gasteiger partial charge on any atom is 0.166 e. The van der Waals surface area contributed by atoms with E-state index in [9.17, 15) is 9.90 Å². The molecule has 0 aromatic heterocycles. The van der Waals surface area contributed by atoms with E-state index >= 15 is 0 Å². The van der Waals surface area contributed by atoms with Crippen molar-refractivity contribution in [1.82, 2.24) is 0 Å². The molecule has 0 unspecified atom stereocenters. The number of rotatable bonds is 6. The molecule has 2 aromatic carbocycles. The van der Waals surface area contributed by atoms with Gasteiger partial charge in [0, 0.05) is 12.1 Å². The van der Waals surface area contributed by atoms with E-state index in [0.29, 0.717) is 36.6 Å². The number of anilines is 1. The number of Topliss-reactive ketones (excluding diaryl/α,β-unsaturated/α-hetero) is 1. The molecule has 0 amide bonds. The van der Waals surface area contributed by atoms with Crippen molar-refractivity contribution in [2.45, 2.75) is 39.2 Å². The smallest absolute Gasteiger partial charge is 0.166 e. The highest BCUT2D eigenvalue weighted by molar-refractivity contribution is 5.99. The van der Waals surface area contributed by atoms with Gasteiger partial charge in [0.25, 0.3) is 0 Å². The quantitative estimate of drug-likeness (QED) is 0.627. The lowest BCUT2D eigenvalue weighted by atomic mass is 9.99. The van der Waals surface area contributed by atoms with E-state index < -0.39 is 0 Å². The molecule has 0 fully saturated rings. The van der Waals surface area contributed by atoms with Crippen LogP contribution in [-0.2, 0) is 6.54 Å². The molecule has 0 bridgehead atoms. The van der Waals surface area contributed by atoms with Gasteiger partial charge in [0.2, 0.25) is 0 Å². The fourth-order valence-corrected chi connectivity index (χ4v) is 2.99. The predicted molar refractivity (Wildman–Crippen MR) is 94.7 cm³/mol. The number of carbonyl (C=O) groups excluding carboxylic acids is 1. The van der Waals surface area contributed by atoms with Crippen molar-refractivity contribution in [1.29, 1.82) is 0 Å². The Balaban J connectivity index is 1.82. The lowest BCUT2D eigenvalue weighted by molar-refractivity contribution is 0.0976. The van der Waals surface area contributed by atoms with E-state index in [-0.39, 0.29) is 11.5 Å². The Kier molecular flexibility index (Phi) is 5.04. The van der Waals surface area contributed by atoms with Crippen molar-refractivity contribution < 1.29 is 14.6 Å².